The normalized spacial score (nSPS) is 17.7. The number of hydrogen-bond donors (Lipinski definition) is 3. The summed E-state index contributed by atoms with van der Waals surface area (Å²) in [5.41, 5.74) is 6.23. The molecule has 1 amide bonds. The number of Topliss-reactive ketones (excluding diaryl/α,β-unsaturated/α-hetero) is 1. The van der Waals surface area contributed by atoms with Gasteiger partial charge in [0.25, 0.3) is 0 Å². The third-order valence-electron chi connectivity index (χ3n) is 7.65. The van der Waals surface area contributed by atoms with Gasteiger partial charge in [0.05, 0.1) is 33.8 Å². The number of ketones is 1. The molecule has 5 heterocycles. The second-order valence-corrected chi connectivity index (χ2v) is 13.6. The molecule has 0 unspecified atom stereocenters. The Kier molecular flexibility index (Phi) is 10.7. The maximum Gasteiger partial charge on any atom is 1.00 e. The maximum atomic E-state index is 13.7. The number of tetrazole rings is 1. The quantitative estimate of drug-likeness (QED) is 0.0369. The number of carboxylic acid groups (broad SMARTS) is 1. The number of phenols is 2. The van der Waals surface area contributed by atoms with Gasteiger partial charge in [-0.1, -0.05) is 16.8 Å². The Balaban J connectivity index is 0.00000468. The summed E-state index contributed by atoms with van der Waals surface area (Å²) in [7, 11) is 0. The molecule has 1 aromatic carbocycles. The van der Waals surface area contributed by atoms with E-state index in [9.17, 15) is 29.7 Å². The third kappa shape index (κ3) is 7.15. The molecule has 16 nitrogen and oxygen atoms in total. The molecule has 4 aromatic rings. The van der Waals surface area contributed by atoms with Crippen LogP contribution in [0.2, 0.25) is 5.02 Å². The molecule has 0 aliphatic carbocycles. The van der Waals surface area contributed by atoms with Crippen LogP contribution in [0, 0.1) is 5.92 Å². The molecule has 2 aliphatic heterocycles. The van der Waals surface area contributed by atoms with Crippen molar-refractivity contribution in [1.82, 2.24) is 30.5 Å². The van der Waals surface area contributed by atoms with Crippen LogP contribution in [0.3, 0.4) is 0 Å². The number of nitrogens with two attached hydrogens (primary N) is 1. The van der Waals surface area contributed by atoms with Crippen LogP contribution in [0.1, 0.15) is 31.8 Å². The number of amides is 1. The number of nitrogens with zero attached hydrogens (tertiary/aromatic N) is 8. The number of halogens is 1. The van der Waals surface area contributed by atoms with Crippen molar-refractivity contribution in [1.29, 1.82) is 0 Å². The predicted molar refractivity (Wildman–Crippen MR) is 170 cm³/mol. The van der Waals surface area contributed by atoms with Crippen molar-refractivity contribution < 1.29 is 68.7 Å². The van der Waals surface area contributed by atoms with E-state index in [1.165, 1.54) is 42.0 Å². The molecule has 0 spiro atoms. The summed E-state index contributed by atoms with van der Waals surface area (Å²) in [6, 6.07) is 6.54. The summed E-state index contributed by atoms with van der Waals surface area (Å²) in [4.78, 5) is 49.4. The van der Waals surface area contributed by atoms with E-state index in [0.717, 1.165) is 16.9 Å². The van der Waals surface area contributed by atoms with Gasteiger partial charge in [-0.05, 0) is 31.5 Å². The number of aromatic nitrogens is 6. The van der Waals surface area contributed by atoms with E-state index < -0.39 is 34.4 Å². The number of nitrogen functional groups attached to an aromatic ring is 1. The summed E-state index contributed by atoms with van der Waals surface area (Å²) in [5, 5.41) is 51.4. The Morgan fingerprint density at radius 1 is 1.27 bits per heavy atom. The van der Waals surface area contributed by atoms with Gasteiger partial charge < -0.3 is 35.8 Å². The van der Waals surface area contributed by atoms with Crippen LogP contribution in [0.15, 0.2) is 52.8 Å². The fourth-order valence-corrected chi connectivity index (χ4v) is 7.28. The fraction of sp³-hybridized carbons (Fsp3) is 0.276. The largest absolute Gasteiger partial charge is 1.00 e. The molecule has 2 atom stereocenters. The molecule has 1 fully saturated rings. The minimum atomic E-state index is -1.84. The number of thiazole rings is 1. The summed E-state index contributed by atoms with van der Waals surface area (Å²) in [5.74, 6) is -3.33. The zero-order valence-corrected chi connectivity index (χ0v) is 30.5. The summed E-state index contributed by atoms with van der Waals surface area (Å²) < 4.78 is 1.87. The zero-order chi connectivity index (χ0) is 34.3. The van der Waals surface area contributed by atoms with Crippen molar-refractivity contribution in [2.75, 3.05) is 11.5 Å². The first-order valence-electron chi connectivity index (χ1n) is 14.1. The second-order valence-electron chi connectivity index (χ2n) is 11.3. The number of phenolic OH excluding ortho intramolecular Hbond substituents is 2. The number of hydrogen-bond acceptors (Lipinski definition) is 15. The molecule has 20 heteroatoms. The SMILES string of the molecule is CC(C)(O/N=C(\C(=O)C[C@@H]1C(=O)N2C(c3nnn[n-]3)=C(C[n+]3ccc(-c4ccc(O)c(O)c4Cl)cc3)CS[C@H]12)c1csc(N)n1)C(=O)[O-].[Na+]. The number of aliphatic carboxylic acids is 1. The van der Waals surface area contributed by atoms with Crippen molar-refractivity contribution in [2.24, 2.45) is 11.1 Å². The van der Waals surface area contributed by atoms with Gasteiger partial charge in [-0.15, -0.1) is 23.1 Å². The molecule has 3 aromatic heterocycles. The van der Waals surface area contributed by atoms with Crippen LogP contribution in [-0.2, 0) is 25.8 Å². The fourth-order valence-electron chi connectivity index (χ4n) is 5.06. The Morgan fingerprint density at radius 3 is 2.63 bits per heavy atom. The average Bonchev–Trinajstić information content (AvgIpc) is 3.75. The number of rotatable bonds is 11. The van der Waals surface area contributed by atoms with E-state index in [-0.39, 0.29) is 75.0 Å². The van der Waals surface area contributed by atoms with Crippen LogP contribution >= 0.6 is 34.7 Å². The molecule has 248 valence electrons. The molecular weight excluding hydrogens is 709 g/mol. The molecule has 0 bridgehead atoms. The second kappa shape index (κ2) is 14.4. The van der Waals surface area contributed by atoms with Crippen molar-refractivity contribution >= 4 is 68.9 Å². The summed E-state index contributed by atoms with van der Waals surface area (Å²) >= 11 is 8.75. The van der Waals surface area contributed by atoms with Gasteiger partial charge in [0.1, 0.15) is 5.69 Å². The van der Waals surface area contributed by atoms with Crippen LogP contribution in [-0.4, -0.2) is 75.7 Å². The molecule has 0 radical (unpaired) electrons. The van der Waals surface area contributed by atoms with Crippen molar-refractivity contribution in [3.05, 3.63) is 64.2 Å². The third-order valence-corrected chi connectivity index (χ3v) is 10.1. The Bertz CT molecular complexity index is 1990. The maximum absolute atomic E-state index is 13.7. The first-order chi connectivity index (χ1) is 22.9. The number of fused-ring (bicyclic) bond motifs is 1. The molecule has 6 rings (SSSR count). The minimum absolute atomic E-state index is 0. The molecule has 1 saturated heterocycles. The summed E-state index contributed by atoms with van der Waals surface area (Å²) in [6.45, 7) is 2.79. The van der Waals surface area contributed by atoms with Gasteiger partial charge in [0.2, 0.25) is 5.91 Å². The monoisotopic (exact) mass is 733 g/mol. The van der Waals surface area contributed by atoms with E-state index in [2.05, 4.69) is 30.8 Å². The first kappa shape index (κ1) is 36.2. The number of carbonyl (C=O) groups is 3. The standard InChI is InChI=1S/C29H26ClN9O7S2.Na/c1-29(2,27(44)45)46-35-21(17-12-48-28(31)32-17)19(41)9-16-25(43)39-22(24-33-36-37-34-24)14(11-47-26(16)39)10-38-7-5-13(6-8-38)15-3-4-18(40)23(42)20(15)30;/h3-8,12,16,26H,9-11H2,1-2H3,(H5,31,32,33,34,36,37,42,44,45);/q;+1/p-1/b35-21-;/t16-,26-;/m1./s1. The Morgan fingerprint density at radius 2 is 2.00 bits per heavy atom. The number of benzene rings is 1. The topological polar surface area (TPSA) is 235 Å². The van der Waals surface area contributed by atoms with Crippen LogP contribution in [0.25, 0.3) is 16.8 Å². The van der Waals surface area contributed by atoms with Gasteiger partial charge in [-0.2, -0.15) is 5.21 Å². The van der Waals surface area contributed by atoms with E-state index in [4.69, 9.17) is 22.2 Å². The molecule has 0 saturated carbocycles. The van der Waals surface area contributed by atoms with Gasteiger partial charge >= 0.3 is 29.6 Å². The number of thioether (sulfide) groups is 1. The number of β-lactam (4-membered cyclic amide) rings is 1. The molecule has 49 heavy (non-hydrogen) atoms. The van der Waals surface area contributed by atoms with E-state index >= 15 is 0 Å². The average molecular weight is 734 g/mol. The van der Waals surface area contributed by atoms with Gasteiger partial charge in [0, 0.05) is 40.8 Å². The van der Waals surface area contributed by atoms with Crippen LogP contribution in [0.5, 0.6) is 11.5 Å². The number of oxime groups is 1. The Labute approximate surface area is 313 Å². The van der Waals surface area contributed by atoms with E-state index in [1.807, 2.05) is 4.57 Å². The van der Waals surface area contributed by atoms with E-state index in [0.29, 0.717) is 29.1 Å². The number of carbonyl (C=O) groups excluding carboxylic acids is 3. The van der Waals surface area contributed by atoms with Gasteiger partial charge in [0.15, 0.2) is 52.7 Å². The van der Waals surface area contributed by atoms with Crippen LogP contribution in [0.4, 0.5) is 5.13 Å². The molecule has 2 aliphatic rings. The number of pyridine rings is 1. The number of aromatic hydroxyl groups is 2. The minimum Gasteiger partial charge on any atom is -0.546 e. The smallest absolute Gasteiger partial charge is 0.546 e. The van der Waals surface area contributed by atoms with Crippen molar-refractivity contribution in [3.63, 3.8) is 0 Å². The van der Waals surface area contributed by atoms with Crippen LogP contribution < -0.4 is 50.1 Å². The van der Waals surface area contributed by atoms with Crippen molar-refractivity contribution in [2.45, 2.75) is 37.8 Å². The summed E-state index contributed by atoms with van der Waals surface area (Å²) in [6.07, 6.45) is 3.34. The van der Waals surface area contributed by atoms with Crippen molar-refractivity contribution in [3.8, 4) is 22.6 Å². The Hall–Kier alpha value is -4.07. The zero-order valence-electron chi connectivity index (χ0n) is 26.1. The first-order valence-corrected chi connectivity index (χ1v) is 16.4. The number of carboxylic acids is 1. The molecular formula is C29H25ClN9NaO7S2. The van der Waals surface area contributed by atoms with Gasteiger partial charge in [-0.25, -0.2) is 9.55 Å². The van der Waals surface area contributed by atoms with Gasteiger partial charge in [-0.3, -0.25) is 24.8 Å². The number of anilines is 1. The predicted octanol–water partition coefficient (Wildman–Crippen LogP) is -2.26. The van der Waals surface area contributed by atoms with E-state index in [1.54, 1.807) is 30.6 Å². The molecule has 4 N–H and O–H groups in total.